The van der Waals surface area contributed by atoms with Gasteiger partial charge in [0.25, 0.3) is 5.91 Å². The molecule has 2 heterocycles. The van der Waals surface area contributed by atoms with Crippen LogP contribution in [-0.2, 0) is 15.1 Å². The first-order chi connectivity index (χ1) is 10.4. The quantitative estimate of drug-likeness (QED) is 0.824. The van der Waals surface area contributed by atoms with Crippen molar-refractivity contribution in [3.05, 3.63) is 36.1 Å². The van der Waals surface area contributed by atoms with Crippen LogP contribution in [0.5, 0.6) is 0 Å². The summed E-state index contributed by atoms with van der Waals surface area (Å²) in [7, 11) is 0. The Labute approximate surface area is 126 Å². The van der Waals surface area contributed by atoms with Crippen molar-refractivity contribution >= 4 is 28.8 Å². The SMILES string of the molecule is C[C@@]1(c2cc3ccccc3o2)NC(=O)N(CCC(N)=O)C1=O. The lowest BCUT2D eigenvalue weighted by molar-refractivity contribution is -0.131. The van der Waals surface area contributed by atoms with Crippen LogP contribution in [0.15, 0.2) is 34.7 Å². The number of benzene rings is 1. The third-order valence-electron chi connectivity index (χ3n) is 3.78. The van der Waals surface area contributed by atoms with Crippen molar-refractivity contribution < 1.29 is 18.8 Å². The van der Waals surface area contributed by atoms with Gasteiger partial charge in [-0.25, -0.2) is 4.79 Å². The van der Waals surface area contributed by atoms with Crippen molar-refractivity contribution in [2.45, 2.75) is 18.9 Å². The van der Waals surface area contributed by atoms with E-state index in [4.69, 9.17) is 10.2 Å². The number of rotatable bonds is 4. The van der Waals surface area contributed by atoms with E-state index in [1.807, 2.05) is 18.2 Å². The first-order valence-corrected chi connectivity index (χ1v) is 6.83. The molecule has 0 aliphatic carbocycles. The van der Waals surface area contributed by atoms with Crippen LogP contribution in [0, 0.1) is 0 Å². The van der Waals surface area contributed by atoms with Crippen LogP contribution >= 0.6 is 0 Å². The fourth-order valence-electron chi connectivity index (χ4n) is 2.52. The Balaban J connectivity index is 1.94. The Morgan fingerprint density at radius 1 is 1.36 bits per heavy atom. The van der Waals surface area contributed by atoms with Crippen LogP contribution in [0.3, 0.4) is 0 Å². The summed E-state index contributed by atoms with van der Waals surface area (Å²) in [6.07, 6.45) is -0.0740. The molecule has 0 unspecified atom stereocenters. The van der Waals surface area contributed by atoms with Gasteiger partial charge in [-0.3, -0.25) is 14.5 Å². The Morgan fingerprint density at radius 3 is 2.77 bits per heavy atom. The lowest BCUT2D eigenvalue weighted by Gasteiger charge is -2.18. The molecular formula is C15H15N3O4. The van der Waals surface area contributed by atoms with Crippen molar-refractivity contribution in [3.8, 4) is 0 Å². The van der Waals surface area contributed by atoms with Crippen molar-refractivity contribution in [3.63, 3.8) is 0 Å². The highest BCUT2D eigenvalue weighted by Gasteiger charge is 2.51. The zero-order valence-corrected chi connectivity index (χ0v) is 12.0. The van der Waals surface area contributed by atoms with Gasteiger partial charge in [0.2, 0.25) is 5.91 Å². The molecule has 1 saturated heterocycles. The molecule has 1 aromatic carbocycles. The minimum Gasteiger partial charge on any atom is -0.458 e. The van der Waals surface area contributed by atoms with E-state index in [1.54, 1.807) is 19.1 Å². The van der Waals surface area contributed by atoms with Gasteiger partial charge in [0, 0.05) is 18.4 Å². The highest BCUT2D eigenvalue weighted by Crippen LogP contribution is 2.32. The maximum atomic E-state index is 12.6. The molecule has 0 spiro atoms. The molecule has 1 aliphatic rings. The number of para-hydroxylation sites is 1. The lowest BCUT2D eigenvalue weighted by Crippen LogP contribution is -2.40. The minimum absolute atomic E-state index is 0.0458. The number of carbonyl (C=O) groups is 3. The van der Waals surface area contributed by atoms with E-state index >= 15 is 0 Å². The Bertz CT molecular complexity index is 749. The molecule has 4 amide bonds. The maximum absolute atomic E-state index is 12.6. The molecule has 0 bridgehead atoms. The van der Waals surface area contributed by atoms with Gasteiger partial charge in [-0.15, -0.1) is 0 Å². The number of hydrogen-bond donors (Lipinski definition) is 2. The van der Waals surface area contributed by atoms with E-state index < -0.39 is 23.4 Å². The predicted molar refractivity (Wildman–Crippen MR) is 77.6 cm³/mol. The molecule has 1 aliphatic heterocycles. The first kappa shape index (κ1) is 14.1. The van der Waals surface area contributed by atoms with Crippen molar-refractivity contribution in [1.82, 2.24) is 10.2 Å². The second kappa shape index (κ2) is 4.87. The van der Waals surface area contributed by atoms with Crippen LogP contribution in [0.2, 0.25) is 0 Å². The molecule has 1 aromatic heterocycles. The Kier molecular flexibility index (Phi) is 3.13. The number of furan rings is 1. The van der Waals surface area contributed by atoms with Gasteiger partial charge in [0.15, 0.2) is 5.54 Å². The molecule has 2 aromatic rings. The number of imide groups is 1. The van der Waals surface area contributed by atoms with E-state index in [2.05, 4.69) is 5.32 Å². The number of nitrogens with zero attached hydrogens (tertiary/aromatic N) is 1. The van der Waals surface area contributed by atoms with Crippen LogP contribution in [-0.4, -0.2) is 29.3 Å². The van der Waals surface area contributed by atoms with Crippen molar-refractivity contribution in [1.29, 1.82) is 0 Å². The average molecular weight is 301 g/mol. The van der Waals surface area contributed by atoms with Gasteiger partial charge in [0.1, 0.15) is 11.3 Å². The summed E-state index contributed by atoms with van der Waals surface area (Å²) in [6, 6.07) is 8.50. The second-order valence-electron chi connectivity index (χ2n) is 5.38. The highest BCUT2D eigenvalue weighted by molar-refractivity contribution is 6.07. The molecule has 3 N–H and O–H groups in total. The maximum Gasteiger partial charge on any atom is 0.325 e. The minimum atomic E-state index is -1.28. The molecule has 1 fully saturated rings. The second-order valence-corrected chi connectivity index (χ2v) is 5.38. The molecular weight excluding hydrogens is 286 g/mol. The van der Waals surface area contributed by atoms with Gasteiger partial charge in [-0.05, 0) is 19.1 Å². The largest absolute Gasteiger partial charge is 0.458 e. The topological polar surface area (TPSA) is 106 Å². The fourth-order valence-corrected chi connectivity index (χ4v) is 2.52. The highest BCUT2D eigenvalue weighted by atomic mass is 16.3. The van der Waals surface area contributed by atoms with Crippen LogP contribution in [0.1, 0.15) is 19.1 Å². The van der Waals surface area contributed by atoms with Gasteiger partial charge in [-0.2, -0.15) is 0 Å². The van der Waals surface area contributed by atoms with E-state index in [1.165, 1.54) is 0 Å². The number of hydrogen-bond acceptors (Lipinski definition) is 4. The van der Waals surface area contributed by atoms with Crippen molar-refractivity contribution in [2.24, 2.45) is 5.73 Å². The predicted octanol–water partition coefficient (Wildman–Crippen LogP) is 1.08. The number of fused-ring (bicyclic) bond motifs is 1. The summed E-state index contributed by atoms with van der Waals surface area (Å²) >= 11 is 0. The molecule has 3 rings (SSSR count). The number of primary amides is 1. The molecule has 22 heavy (non-hydrogen) atoms. The standard InChI is InChI=1S/C15H15N3O4/c1-15(11-8-9-4-2-3-5-10(9)22-11)13(20)18(14(21)17-15)7-6-12(16)19/h2-5,8H,6-7H2,1H3,(H2,16,19)(H,17,21)/t15-/m0/s1. The summed E-state index contributed by atoms with van der Waals surface area (Å²) < 4.78 is 5.69. The Morgan fingerprint density at radius 2 is 2.09 bits per heavy atom. The number of nitrogens with two attached hydrogens (primary N) is 1. The zero-order chi connectivity index (χ0) is 15.9. The monoisotopic (exact) mass is 301 g/mol. The van der Waals surface area contributed by atoms with Gasteiger partial charge in [-0.1, -0.05) is 18.2 Å². The van der Waals surface area contributed by atoms with E-state index in [9.17, 15) is 14.4 Å². The number of amides is 4. The summed E-state index contributed by atoms with van der Waals surface area (Å²) in [6.45, 7) is 1.53. The smallest absolute Gasteiger partial charge is 0.325 e. The summed E-state index contributed by atoms with van der Waals surface area (Å²) in [5.74, 6) is -0.677. The average Bonchev–Trinajstić information content (AvgIpc) is 2.99. The summed E-state index contributed by atoms with van der Waals surface area (Å²) in [4.78, 5) is 36.4. The van der Waals surface area contributed by atoms with Crippen LogP contribution < -0.4 is 11.1 Å². The normalized spacial score (nSPS) is 21.4. The molecule has 7 heteroatoms. The van der Waals surface area contributed by atoms with E-state index in [0.717, 1.165) is 10.3 Å². The number of carbonyl (C=O) groups excluding carboxylic acids is 3. The zero-order valence-electron chi connectivity index (χ0n) is 12.0. The Hall–Kier alpha value is -2.83. The van der Waals surface area contributed by atoms with Crippen LogP contribution in [0.25, 0.3) is 11.0 Å². The number of nitrogens with one attached hydrogen (secondary N) is 1. The first-order valence-electron chi connectivity index (χ1n) is 6.83. The van der Waals surface area contributed by atoms with Crippen molar-refractivity contribution in [2.75, 3.05) is 6.54 Å². The molecule has 114 valence electrons. The third kappa shape index (κ3) is 2.11. The van der Waals surface area contributed by atoms with Gasteiger partial charge < -0.3 is 15.5 Å². The summed E-state index contributed by atoms with van der Waals surface area (Å²) in [5.41, 5.74) is 4.42. The molecule has 0 radical (unpaired) electrons. The molecule has 7 nitrogen and oxygen atoms in total. The fraction of sp³-hybridized carbons (Fsp3) is 0.267. The molecule has 0 saturated carbocycles. The van der Waals surface area contributed by atoms with E-state index in [0.29, 0.717) is 11.3 Å². The van der Waals surface area contributed by atoms with Gasteiger partial charge >= 0.3 is 6.03 Å². The third-order valence-corrected chi connectivity index (χ3v) is 3.78. The van der Waals surface area contributed by atoms with E-state index in [-0.39, 0.29) is 13.0 Å². The van der Waals surface area contributed by atoms with Crippen LogP contribution in [0.4, 0.5) is 4.79 Å². The van der Waals surface area contributed by atoms with Gasteiger partial charge in [0.05, 0.1) is 0 Å². The summed E-state index contributed by atoms with van der Waals surface area (Å²) in [5, 5.41) is 3.47. The number of urea groups is 1. The lowest BCUT2D eigenvalue weighted by atomic mass is 9.99. The molecule has 1 atom stereocenters.